The summed E-state index contributed by atoms with van der Waals surface area (Å²) < 4.78 is 6.26. The first-order valence-corrected chi connectivity index (χ1v) is 14.8. The summed E-state index contributed by atoms with van der Waals surface area (Å²) in [7, 11) is 0. The lowest BCUT2D eigenvalue weighted by Crippen LogP contribution is -1.93. The Morgan fingerprint density at radius 2 is 0.891 bits per heavy atom. The van der Waals surface area contributed by atoms with E-state index in [0.29, 0.717) is 22.3 Å². The second kappa shape index (κ2) is 9.30. The minimum absolute atomic E-state index is 0.216. The van der Waals surface area contributed by atoms with Gasteiger partial charge < -0.3 is 29.9 Å². The van der Waals surface area contributed by atoms with Crippen molar-refractivity contribution in [2.24, 2.45) is 0 Å². The molecule has 220 valence electrons. The molecule has 0 saturated carbocycles. The van der Waals surface area contributed by atoms with Gasteiger partial charge in [0.25, 0.3) is 0 Å². The molecule has 9 aromatic rings. The Morgan fingerprint density at radius 1 is 0.348 bits per heavy atom. The van der Waals surface area contributed by atoms with Crippen LogP contribution in [0.25, 0.3) is 87.6 Å². The molecule has 8 aromatic carbocycles. The van der Waals surface area contributed by atoms with Crippen molar-refractivity contribution in [1.82, 2.24) is 0 Å². The highest BCUT2D eigenvalue weighted by Crippen LogP contribution is 2.58. The van der Waals surface area contributed by atoms with E-state index in [0.717, 1.165) is 59.8 Å². The van der Waals surface area contributed by atoms with Crippen LogP contribution < -0.4 is 0 Å². The summed E-state index contributed by atoms with van der Waals surface area (Å²) in [4.78, 5) is 0. The van der Waals surface area contributed by atoms with Crippen LogP contribution in [0.3, 0.4) is 0 Å². The summed E-state index contributed by atoms with van der Waals surface area (Å²) in [6.45, 7) is 0. The minimum Gasteiger partial charge on any atom is -0.504 e. The van der Waals surface area contributed by atoms with E-state index >= 15 is 0 Å². The van der Waals surface area contributed by atoms with E-state index in [4.69, 9.17) is 4.42 Å². The van der Waals surface area contributed by atoms with E-state index in [1.807, 2.05) is 48.5 Å². The maximum absolute atomic E-state index is 11.1. The fourth-order valence-electron chi connectivity index (χ4n) is 7.13. The van der Waals surface area contributed by atoms with Gasteiger partial charge in [0.15, 0.2) is 11.5 Å². The zero-order chi connectivity index (χ0) is 31.3. The average molecular weight is 601 g/mol. The molecule has 0 fully saturated rings. The Labute approximate surface area is 261 Å². The van der Waals surface area contributed by atoms with E-state index in [9.17, 15) is 25.5 Å². The van der Waals surface area contributed by atoms with Gasteiger partial charge >= 0.3 is 0 Å². The van der Waals surface area contributed by atoms with Gasteiger partial charge in [-0.05, 0) is 72.8 Å². The molecule has 0 bridgehead atoms. The van der Waals surface area contributed by atoms with Crippen LogP contribution in [0.1, 0.15) is 0 Å². The maximum atomic E-state index is 11.1. The molecule has 6 nitrogen and oxygen atoms in total. The second-order valence-corrected chi connectivity index (χ2v) is 11.6. The van der Waals surface area contributed by atoms with Crippen LogP contribution in [0.2, 0.25) is 0 Å². The number of benzene rings is 8. The molecule has 6 heteroatoms. The molecule has 0 radical (unpaired) electrons. The van der Waals surface area contributed by atoms with Gasteiger partial charge in [0.2, 0.25) is 17.2 Å². The lowest BCUT2D eigenvalue weighted by molar-refractivity contribution is 0.330. The third-order valence-electron chi connectivity index (χ3n) is 9.20. The third-order valence-corrected chi connectivity index (χ3v) is 9.20. The molecule has 46 heavy (non-hydrogen) atoms. The molecule has 0 aliphatic carbocycles. The van der Waals surface area contributed by atoms with Gasteiger partial charge in [-0.25, -0.2) is 0 Å². The first-order valence-electron chi connectivity index (χ1n) is 14.8. The quantitative estimate of drug-likeness (QED) is 0.0783. The number of para-hydroxylation sites is 1. The number of furan rings is 1. The van der Waals surface area contributed by atoms with Crippen LogP contribution in [0.4, 0.5) is 0 Å². The first-order chi connectivity index (χ1) is 22.4. The number of rotatable bonds is 3. The number of fused-ring (bicyclic) bond motifs is 3. The van der Waals surface area contributed by atoms with Crippen LogP contribution in [-0.2, 0) is 0 Å². The molecule has 0 aliphatic heterocycles. The lowest BCUT2D eigenvalue weighted by atomic mass is 9.84. The molecule has 0 aliphatic rings. The fraction of sp³-hybridized carbons (Fsp3) is 0. The predicted octanol–water partition coefficient (Wildman–Crippen LogP) is 10.0. The van der Waals surface area contributed by atoms with Crippen LogP contribution in [0.15, 0.2) is 120 Å². The van der Waals surface area contributed by atoms with E-state index in [2.05, 4.69) is 54.6 Å². The number of hydrogen-bond acceptors (Lipinski definition) is 6. The standard InChI is InChI=1S/C40H24O6/c41-36-35(37(42)39(44)40(45)38(36)43)28-18-19-30-34(27-8-4-5-9-29(27)46-30)33(28)26-17-13-22-11-15-24-23(20-6-2-1-3-7-20)14-10-21-12-16-25(26)32(22)31(21)24/h1-19,41-45H. The molecule has 0 saturated heterocycles. The van der Waals surface area contributed by atoms with Crippen LogP contribution in [-0.4, -0.2) is 25.5 Å². The lowest BCUT2D eigenvalue weighted by Gasteiger charge is -2.20. The summed E-state index contributed by atoms with van der Waals surface area (Å²) in [6.07, 6.45) is 0. The van der Waals surface area contributed by atoms with Crippen molar-refractivity contribution >= 4 is 54.3 Å². The Bertz CT molecular complexity index is 2660. The van der Waals surface area contributed by atoms with Crippen molar-refractivity contribution < 1.29 is 29.9 Å². The van der Waals surface area contributed by atoms with E-state index in [1.54, 1.807) is 12.1 Å². The van der Waals surface area contributed by atoms with Crippen molar-refractivity contribution in [2.75, 3.05) is 0 Å². The monoisotopic (exact) mass is 600 g/mol. The second-order valence-electron chi connectivity index (χ2n) is 11.6. The highest BCUT2D eigenvalue weighted by atomic mass is 16.4. The van der Waals surface area contributed by atoms with E-state index in [1.165, 1.54) is 0 Å². The minimum atomic E-state index is -1.01. The first kappa shape index (κ1) is 26.0. The van der Waals surface area contributed by atoms with Gasteiger partial charge in [0.05, 0.1) is 5.56 Å². The highest BCUT2D eigenvalue weighted by molar-refractivity contribution is 6.29. The van der Waals surface area contributed by atoms with Crippen LogP contribution in [0.5, 0.6) is 28.7 Å². The summed E-state index contributed by atoms with van der Waals surface area (Å²) >= 11 is 0. The zero-order valence-electron chi connectivity index (χ0n) is 24.1. The number of phenolic OH excluding ortho intramolecular Hbond substituents is 5. The van der Waals surface area contributed by atoms with Gasteiger partial charge in [-0.1, -0.05) is 97.1 Å². The summed E-state index contributed by atoms with van der Waals surface area (Å²) in [5.41, 5.74) is 5.03. The Kier molecular flexibility index (Phi) is 5.27. The molecule has 0 atom stereocenters. The van der Waals surface area contributed by atoms with Crippen LogP contribution >= 0.6 is 0 Å². The van der Waals surface area contributed by atoms with Crippen molar-refractivity contribution in [2.45, 2.75) is 0 Å². The molecule has 9 rings (SSSR count). The van der Waals surface area contributed by atoms with E-state index in [-0.39, 0.29) is 5.56 Å². The summed E-state index contributed by atoms with van der Waals surface area (Å²) in [5, 5.41) is 61.4. The summed E-state index contributed by atoms with van der Waals surface area (Å²) in [5.74, 6) is -4.39. The topological polar surface area (TPSA) is 114 Å². The molecule has 0 spiro atoms. The normalized spacial score (nSPS) is 11.9. The Balaban J connectivity index is 1.46. The molecular weight excluding hydrogens is 576 g/mol. The van der Waals surface area contributed by atoms with Gasteiger partial charge in [-0.15, -0.1) is 0 Å². The number of phenols is 5. The highest BCUT2D eigenvalue weighted by Gasteiger charge is 2.29. The molecule has 0 unspecified atom stereocenters. The largest absolute Gasteiger partial charge is 0.504 e. The van der Waals surface area contributed by atoms with Gasteiger partial charge in [0.1, 0.15) is 11.2 Å². The van der Waals surface area contributed by atoms with Gasteiger partial charge in [-0.2, -0.15) is 0 Å². The van der Waals surface area contributed by atoms with Crippen LogP contribution in [0, 0.1) is 0 Å². The number of hydrogen-bond donors (Lipinski definition) is 5. The van der Waals surface area contributed by atoms with Crippen molar-refractivity contribution in [3.8, 4) is 62.1 Å². The molecule has 1 heterocycles. The van der Waals surface area contributed by atoms with Crippen molar-refractivity contribution in [3.05, 3.63) is 115 Å². The predicted molar refractivity (Wildman–Crippen MR) is 182 cm³/mol. The number of aromatic hydroxyl groups is 5. The molecule has 1 aromatic heterocycles. The van der Waals surface area contributed by atoms with Crippen molar-refractivity contribution in [3.63, 3.8) is 0 Å². The molecule has 0 amide bonds. The van der Waals surface area contributed by atoms with E-state index < -0.39 is 28.7 Å². The van der Waals surface area contributed by atoms with Crippen molar-refractivity contribution in [1.29, 1.82) is 0 Å². The third kappa shape index (κ3) is 3.41. The van der Waals surface area contributed by atoms with Gasteiger partial charge in [0, 0.05) is 16.3 Å². The maximum Gasteiger partial charge on any atom is 0.208 e. The Hall–Kier alpha value is -6.40. The summed E-state index contributed by atoms with van der Waals surface area (Å²) in [6, 6.07) is 38.2. The fourth-order valence-corrected chi connectivity index (χ4v) is 7.13. The molecular formula is C40H24O6. The smallest absolute Gasteiger partial charge is 0.208 e. The Morgan fingerprint density at radius 3 is 1.59 bits per heavy atom. The zero-order valence-corrected chi connectivity index (χ0v) is 24.1. The van der Waals surface area contributed by atoms with Gasteiger partial charge in [-0.3, -0.25) is 0 Å². The SMILES string of the molecule is Oc1c(O)c(O)c(-c2ccc3oc4ccccc4c3c2-c2ccc3ccc4c(-c5ccccc5)ccc5ccc2c3c54)c(O)c1O. The molecule has 5 N–H and O–H groups in total. The average Bonchev–Trinajstić information content (AvgIpc) is 3.48.